The lowest BCUT2D eigenvalue weighted by Crippen LogP contribution is -2.01. The van der Waals surface area contributed by atoms with E-state index in [-0.39, 0.29) is 6.61 Å². The molecule has 0 saturated heterocycles. The molecule has 0 amide bonds. The lowest BCUT2D eigenvalue weighted by Gasteiger charge is -2.02. The highest BCUT2D eigenvalue weighted by molar-refractivity contribution is 5.78. The number of benzene rings is 1. The maximum Gasteiger partial charge on any atom is 0.247 e. The normalized spacial score (nSPS) is 10.8. The van der Waals surface area contributed by atoms with E-state index in [1.807, 2.05) is 30.5 Å². The van der Waals surface area contributed by atoms with Crippen LogP contribution in [0, 0.1) is 11.3 Å². The summed E-state index contributed by atoms with van der Waals surface area (Å²) in [5.41, 5.74) is 3.96. The predicted octanol–water partition coefficient (Wildman–Crippen LogP) is 2.20. The second-order valence-corrected chi connectivity index (χ2v) is 5.66. The molecule has 8 heteroatoms. The smallest absolute Gasteiger partial charge is 0.247 e. The molecule has 0 unspecified atom stereocenters. The Bertz CT molecular complexity index is 1090. The number of pyridine rings is 1. The van der Waals surface area contributed by atoms with Crippen molar-refractivity contribution in [1.29, 1.82) is 5.26 Å². The molecule has 0 aliphatic carbocycles. The van der Waals surface area contributed by atoms with E-state index in [1.165, 1.54) is 0 Å². The third kappa shape index (κ3) is 2.99. The third-order valence-electron chi connectivity index (χ3n) is 3.91. The van der Waals surface area contributed by atoms with Gasteiger partial charge in [0.2, 0.25) is 5.95 Å². The highest BCUT2D eigenvalue weighted by Gasteiger charge is 2.10. The Labute approximate surface area is 149 Å². The summed E-state index contributed by atoms with van der Waals surface area (Å²) in [5, 5.41) is 29.6. The molecule has 0 fully saturated rings. The van der Waals surface area contributed by atoms with Crippen LogP contribution in [0.1, 0.15) is 5.56 Å². The lowest BCUT2D eigenvalue weighted by atomic mass is 10.1. The van der Waals surface area contributed by atoms with Gasteiger partial charge in [-0.25, -0.2) is 4.52 Å². The number of aliphatic hydroxyl groups is 1. The Morgan fingerprint density at radius 2 is 2.04 bits per heavy atom. The Kier molecular flexibility index (Phi) is 4.05. The van der Waals surface area contributed by atoms with E-state index in [1.54, 1.807) is 33.7 Å². The van der Waals surface area contributed by atoms with Crippen molar-refractivity contribution < 1.29 is 5.11 Å². The van der Waals surface area contributed by atoms with Crippen molar-refractivity contribution >= 4 is 17.3 Å². The average Bonchev–Trinajstić information content (AvgIpc) is 3.28. The fraction of sp³-hybridized carbons (Fsp3) is 0.111. The summed E-state index contributed by atoms with van der Waals surface area (Å²) in [4.78, 5) is 4.57. The monoisotopic (exact) mass is 345 g/mol. The zero-order valence-corrected chi connectivity index (χ0v) is 13.7. The molecule has 0 saturated carbocycles. The van der Waals surface area contributed by atoms with Crippen LogP contribution in [0.2, 0.25) is 0 Å². The van der Waals surface area contributed by atoms with Gasteiger partial charge in [0.25, 0.3) is 0 Å². The molecule has 3 aromatic heterocycles. The van der Waals surface area contributed by atoms with Crippen LogP contribution in [0.4, 0.5) is 11.6 Å². The highest BCUT2D eigenvalue weighted by atomic mass is 16.3. The van der Waals surface area contributed by atoms with Gasteiger partial charge in [0.1, 0.15) is 0 Å². The Morgan fingerprint density at radius 3 is 2.81 bits per heavy atom. The van der Waals surface area contributed by atoms with E-state index in [0.717, 1.165) is 16.8 Å². The average molecular weight is 345 g/mol. The Hall–Kier alpha value is -3.70. The number of hydrogen-bond donors (Lipinski definition) is 2. The van der Waals surface area contributed by atoms with Crippen LogP contribution >= 0.6 is 0 Å². The summed E-state index contributed by atoms with van der Waals surface area (Å²) in [6.07, 6.45) is 5.27. The van der Waals surface area contributed by atoms with Gasteiger partial charge in [0, 0.05) is 18.0 Å². The minimum atomic E-state index is 0.0295. The molecule has 2 N–H and O–H groups in total. The van der Waals surface area contributed by atoms with Crippen LogP contribution in [-0.4, -0.2) is 36.1 Å². The van der Waals surface area contributed by atoms with E-state index in [2.05, 4.69) is 26.6 Å². The van der Waals surface area contributed by atoms with E-state index >= 15 is 0 Å². The first-order valence-corrected chi connectivity index (χ1v) is 8.03. The molecule has 0 radical (unpaired) electrons. The number of hydrogen-bond acceptors (Lipinski definition) is 6. The maximum atomic E-state index is 8.96. The van der Waals surface area contributed by atoms with E-state index in [9.17, 15) is 0 Å². The van der Waals surface area contributed by atoms with Gasteiger partial charge in [-0.15, -0.1) is 5.10 Å². The number of anilines is 2. The van der Waals surface area contributed by atoms with Crippen molar-refractivity contribution in [3.63, 3.8) is 0 Å². The van der Waals surface area contributed by atoms with Gasteiger partial charge in [0.05, 0.1) is 36.7 Å². The quantitative estimate of drug-likeness (QED) is 0.575. The van der Waals surface area contributed by atoms with Crippen LogP contribution in [0.5, 0.6) is 0 Å². The number of aliphatic hydroxyl groups excluding tert-OH is 1. The topological polar surface area (TPSA) is 104 Å². The van der Waals surface area contributed by atoms with Crippen molar-refractivity contribution in [1.82, 2.24) is 24.4 Å². The predicted molar refractivity (Wildman–Crippen MR) is 95.7 cm³/mol. The summed E-state index contributed by atoms with van der Waals surface area (Å²) in [6, 6.07) is 13.3. The van der Waals surface area contributed by atoms with Gasteiger partial charge in [-0.05, 0) is 29.8 Å². The van der Waals surface area contributed by atoms with Gasteiger partial charge in [0.15, 0.2) is 5.65 Å². The second kappa shape index (κ2) is 6.66. The Morgan fingerprint density at radius 1 is 1.19 bits per heavy atom. The molecule has 1 aromatic carbocycles. The second-order valence-electron chi connectivity index (χ2n) is 5.66. The minimum absolute atomic E-state index is 0.0295. The fourth-order valence-electron chi connectivity index (χ4n) is 2.69. The van der Waals surface area contributed by atoms with Crippen molar-refractivity contribution in [2.45, 2.75) is 6.54 Å². The first-order chi connectivity index (χ1) is 12.8. The zero-order valence-electron chi connectivity index (χ0n) is 13.7. The molecular weight excluding hydrogens is 330 g/mol. The van der Waals surface area contributed by atoms with Crippen molar-refractivity contribution in [2.24, 2.45) is 0 Å². The summed E-state index contributed by atoms with van der Waals surface area (Å²) < 4.78 is 3.34. The SMILES string of the molecule is N#Cc1ccc(-c2cccn3nc(Nc4cnn(CCO)c4)nc23)cc1. The molecule has 128 valence electrons. The van der Waals surface area contributed by atoms with Gasteiger partial charge in [-0.1, -0.05) is 12.1 Å². The van der Waals surface area contributed by atoms with Crippen molar-refractivity contribution in [3.8, 4) is 17.2 Å². The minimum Gasteiger partial charge on any atom is -0.394 e. The first-order valence-electron chi connectivity index (χ1n) is 8.03. The van der Waals surface area contributed by atoms with Crippen molar-refractivity contribution in [3.05, 3.63) is 60.6 Å². The van der Waals surface area contributed by atoms with E-state index in [0.29, 0.717) is 23.7 Å². The number of nitriles is 1. The number of fused-ring (bicyclic) bond motifs is 1. The number of aromatic nitrogens is 5. The zero-order chi connectivity index (χ0) is 17.9. The summed E-state index contributed by atoms with van der Waals surface area (Å²) >= 11 is 0. The van der Waals surface area contributed by atoms with Crippen LogP contribution in [0.25, 0.3) is 16.8 Å². The molecule has 0 aliphatic heterocycles. The molecule has 0 atom stereocenters. The first kappa shape index (κ1) is 15.8. The number of rotatable bonds is 5. The standard InChI is InChI=1S/C18H15N7O/c19-10-13-3-5-14(6-4-13)16-2-1-7-25-17(16)22-18(23-25)21-15-11-20-24(12-15)8-9-26/h1-7,11-12,26H,8-9H2,(H,21,23). The molecule has 8 nitrogen and oxygen atoms in total. The van der Waals surface area contributed by atoms with Gasteiger partial charge < -0.3 is 10.4 Å². The number of nitrogens with one attached hydrogen (secondary N) is 1. The Balaban J connectivity index is 1.67. The summed E-state index contributed by atoms with van der Waals surface area (Å²) in [6.45, 7) is 0.463. The lowest BCUT2D eigenvalue weighted by molar-refractivity contribution is 0.269. The molecule has 3 heterocycles. The van der Waals surface area contributed by atoms with Crippen LogP contribution in [0.3, 0.4) is 0 Å². The third-order valence-corrected chi connectivity index (χ3v) is 3.91. The largest absolute Gasteiger partial charge is 0.394 e. The molecule has 0 spiro atoms. The van der Waals surface area contributed by atoms with Gasteiger partial charge in [-0.3, -0.25) is 4.68 Å². The molecule has 4 aromatic rings. The number of nitrogens with zero attached hydrogens (tertiary/aromatic N) is 6. The summed E-state index contributed by atoms with van der Waals surface area (Å²) in [7, 11) is 0. The van der Waals surface area contributed by atoms with E-state index in [4.69, 9.17) is 10.4 Å². The maximum absolute atomic E-state index is 8.96. The summed E-state index contributed by atoms with van der Waals surface area (Å²) in [5.74, 6) is 0.453. The fourth-order valence-corrected chi connectivity index (χ4v) is 2.69. The molecule has 0 aliphatic rings. The van der Waals surface area contributed by atoms with Gasteiger partial charge in [-0.2, -0.15) is 15.3 Å². The van der Waals surface area contributed by atoms with Crippen LogP contribution in [0.15, 0.2) is 55.0 Å². The van der Waals surface area contributed by atoms with Gasteiger partial charge >= 0.3 is 0 Å². The molecular formula is C18H15N7O. The van der Waals surface area contributed by atoms with Crippen molar-refractivity contribution in [2.75, 3.05) is 11.9 Å². The van der Waals surface area contributed by atoms with Crippen LogP contribution in [-0.2, 0) is 6.54 Å². The molecule has 26 heavy (non-hydrogen) atoms. The molecule has 0 bridgehead atoms. The van der Waals surface area contributed by atoms with E-state index < -0.39 is 0 Å². The highest BCUT2D eigenvalue weighted by Crippen LogP contribution is 2.25. The van der Waals surface area contributed by atoms with Crippen LogP contribution < -0.4 is 5.32 Å². The molecule has 4 rings (SSSR count).